The number of β-lactam (4-membered cyclic amide) rings is 1. The summed E-state index contributed by atoms with van der Waals surface area (Å²) in [6.07, 6.45) is 4.69. The summed E-state index contributed by atoms with van der Waals surface area (Å²) in [4.78, 5) is 38.5. The molecule has 2 heterocycles. The highest BCUT2D eigenvalue weighted by Gasteiger charge is 2.62. The van der Waals surface area contributed by atoms with Crippen LogP contribution in [0.2, 0.25) is 0 Å². The van der Waals surface area contributed by atoms with Gasteiger partial charge in [-0.05, 0) is 35.8 Å². The third-order valence-corrected chi connectivity index (χ3v) is 8.14. The molecule has 0 bridgehead atoms. The minimum absolute atomic E-state index is 0.180. The van der Waals surface area contributed by atoms with Gasteiger partial charge in [0.15, 0.2) is 0 Å². The lowest BCUT2D eigenvalue weighted by molar-refractivity contribution is -0.151. The number of thioether (sulfide) groups is 1. The summed E-state index contributed by atoms with van der Waals surface area (Å²) in [7, 11) is 0. The van der Waals surface area contributed by atoms with Crippen molar-refractivity contribution >= 4 is 29.5 Å². The monoisotopic (exact) mass is 398 g/mol. The smallest absolute Gasteiger partial charge is 0.352 e. The van der Waals surface area contributed by atoms with Crippen molar-refractivity contribution in [3.8, 4) is 0 Å². The number of amides is 2. The number of nitrogens with one attached hydrogen (secondary N) is 1. The van der Waals surface area contributed by atoms with Crippen LogP contribution in [0.15, 0.2) is 41.6 Å². The predicted octanol–water partition coefficient (Wildman–Crippen LogP) is 2.16. The number of nitrogens with zero attached hydrogens (tertiary/aromatic N) is 1. The summed E-state index contributed by atoms with van der Waals surface area (Å²) in [5.41, 5.74) is 2.04. The van der Waals surface area contributed by atoms with Crippen molar-refractivity contribution in [2.75, 3.05) is 0 Å². The average Bonchev–Trinajstić information content (AvgIpc) is 2.69. The predicted molar refractivity (Wildman–Crippen MR) is 104 cm³/mol. The SMILES string of the molecule is O=C(Cc1ccccc1)N[C@@H]1C(=O)N2C(C(=O)O)=C3[C@H]4CCCC[C@H]4[C@@H]3S[C@H]12. The Labute approximate surface area is 167 Å². The third-order valence-electron chi connectivity index (χ3n) is 6.48. The topological polar surface area (TPSA) is 86.7 Å². The summed E-state index contributed by atoms with van der Waals surface area (Å²) in [5, 5.41) is 12.5. The van der Waals surface area contributed by atoms with Crippen molar-refractivity contribution in [3.05, 3.63) is 47.2 Å². The van der Waals surface area contributed by atoms with Crippen LogP contribution in [0.3, 0.4) is 0 Å². The van der Waals surface area contributed by atoms with E-state index in [4.69, 9.17) is 0 Å². The number of carboxylic acid groups (broad SMARTS) is 1. The van der Waals surface area contributed by atoms with Crippen molar-refractivity contribution in [2.45, 2.75) is 48.8 Å². The molecule has 2 saturated carbocycles. The molecule has 146 valence electrons. The van der Waals surface area contributed by atoms with Gasteiger partial charge in [-0.25, -0.2) is 4.79 Å². The maximum atomic E-state index is 12.7. The Kier molecular flexibility index (Phi) is 4.23. The number of aliphatic carboxylic acids is 1. The zero-order valence-corrected chi connectivity index (χ0v) is 16.2. The van der Waals surface area contributed by atoms with E-state index < -0.39 is 12.0 Å². The maximum absolute atomic E-state index is 12.7. The molecule has 3 fully saturated rings. The minimum atomic E-state index is -1.02. The first-order valence-electron chi connectivity index (χ1n) is 9.85. The molecule has 0 radical (unpaired) electrons. The molecule has 2 aliphatic heterocycles. The molecule has 6 nitrogen and oxygen atoms in total. The molecular weight excluding hydrogens is 376 g/mol. The zero-order chi connectivity index (χ0) is 19.4. The lowest BCUT2D eigenvalue weighted by Gasteiger charge is -2.60. The lowest BCUT2D eigenvalue weighted by atomic mass is 9.60. The molecule has 28 heavy (non-hydrogen) atoms. The minimum Gasteiger partial charge on any atom is -0.477 e. The molecule has 5 rings (SSSR count). The van der Waals surface area contributed by atoms with Gasteiger partial charge in [0, 0.05) is 5.25 Å². The van der Waals surface area contributed by atoms with E-state index in [-0.39, 0.29) is 34.6 Å². The molecule has 2 N–H and O–H groups in total. The summed E-state index contributed by atoms with van der Waals surface area (Å²) < 4.78 is 0. The first-order chi connectivity index (χ1) is 13.6. The Morgan fingerprint density at radius 3 is 2.68 bits per heavy atom. The van der Waals surface area contributed by atoms with Crippen LogP contribution >= 0.6 is 11.8 Å². The summed E-state index contributed by atoms with van der Waals surface area (Å²) in [5.74, 6) is -0.696. The molecule has 1 aromatic rings. The van der Waals surface area contributed by atoms with Crippen LogP contribution in [0.4, 0.5) is 0 Å². The van der Waals surface area contributed by atoms with Gasteiger partial charge in [0.1, 0.15) is 17.1 Å². The number of rotatable bonds is 4. The molecule has 2 amide bonds. The Morgan fingerprint density at radius 1 is 1.18 bits per heavy atom. The highest BCUT2D eigenvalue weighted by molar-refractivity contribution is 8.01. The van der Waals surface area contributed by atoms with E-state index in [1.165, 1.54) is 11.3 Å². The summed E-state index contributed by atoms with van der Waals surface area (Å²) in [6, 6.07) is 8.75. The quantitative estimate of drug-likeness (QED) is 0.759. The fourth-order valence-corrected chi connectivity index (χ4v) is 7.14. The molecule has 0 spiro atoms. The molecule has 7 heteroatoms. The molecule has 2 aliphatic carbocycles. The maximum Gasteiger partial charge on any atom is 0.352 e. The number of carboxylic acids is 1. The van der Waals surface area contributed by atoms with Gasteiger partial charge in [0.25, 0.3) is 5.91 Å². The zero-order valence-electron chi connectivity index (χ0n) is 15.3. The highest BCUT2D eigenvalue weighted by Crippen LogP contribution is 2.61. The van der Waals surface area contributed by atoms with Gasteiger partial charge >= 0.3 is 5.97 Å². The van der Waals surface area contributed by atoms with E-state index in [1.54, 1.807) is 11.8 Å². The van der Waals surface area contributed by atoms with Gasteiger partial charge in [-0.1, -0.05) is 43.2 Å². The Morgan fingerprint density at radius 2 is 1.93 bits per heavy atom. The van der Waals surface area contributed by atoms with Crippen molar-refractivity contribution in [1.29, 1.82) is 0 Å². The third kappa shape index (κ3) is 2.59. The van der Waals surface area contributed by atoms with E-state index in [9.17, 15) is 19.5 Å². The molecule has 0 aromatic heterocycles. The Balaban J connectivity index is 1.35. The summed E-state index contributed by atoms with van der Waals surface area (Å²) in [6.45, 7) is 0. The largest absolute Gasteiger partial charge is 0.477 e. The molecule has 1 aromatic carbocycles. The molecule has 0 unspecified atom stereocenters. The van der Waals surface area contributed by atoms with E-state index in [1.807, 2.05) is 30.3 Å². The molecule has 5 atom stereocenters. The number of carbonyl (C=O) groups excluding carboxylic acids is 2. The van der Waals surface area contributed by atoms with E-state index in [0.29, 0.717) is 11.8 Å². The van der Waals surface area contributed by atoms with E-state index in [2.05, 4.69) is 5.32 Å². The Bertz CT molecular complexity index is 884. The van der Waals surface area contributed by atoms with Gasteiger partial charge in [-0.2, -0.15) is 0 Å². The lowest BCUT2D eigenvalue weighted by Crippen LogP contribution is -2.73. The van der Waals surface area contributed by atoms with Crippen LogP contribution in [0.25, 0.3) is 0 Å². The first-order valence-corrected chi connectivity index (χ1v) is 10.8. The highest BCUT2D eigenvalue weighted by atomic mass is 32.2. The van der Waals surface area contributed by atoms with Crippen molar-refractivity contribution in [3.63, 3.8) is 0 Å². The van der Waals surface area contributed by atoms with Crippen molar-refractivity contribution < 1.29 is 19.5 Å². The second kappa shape index (κ2) is 6.65. The van der Waals surface area contributed by atoms with E-state index >= 15 is 0 Å². The van der Waals surface area contributed by atoms with Crippen molar-refractivity contribution in [1.82, 2.24) is 10.2 Å². The van der Waals surface area contributed by atoms with E-state index in [0.717, 1.165) is 30.4 Å². The van der Waals surface area contributed by atoms with Crippen LogP contribution < -0.4 is 5.32 Å². The number of carbonyl (C=O) groups is 3. The van der Waals surface area contributed by atoms with Crippen LogP contribution in [0.5, 0.6) is 0 Å². The number of hydrogen-bond acceptors (Lipinski definition) is 4. The second-order valence-electron chi connectivity index (χ2n) is 8.03. The second-order valence-corrected chi connectivity index (χ2v) is 9.29. The average molecular weight is 398 g/mol. The van der Waals surface area contributed by atoms with Gasteiger partial charge in [-0.3, -0.25) is 14.5 Å². The fraction of sp³-hybridized carbons (Fsp3) is 0.476. The molecule has 1 saturated heterocycles. The van der Waals surface area contributed by atoms with Crippen LogP contribution in [0.1, 0.15) is 31.2 Å². The van der Waals surface area contributed by atoms with Crippen molar-refractivity contribution in [2.24, 2.45) is 11.8 Å². The molecule has 4 aliphatic rings. The first kappa shape index (κ1) is 17.8. The van der Waals surface area contributed by atoms with Gasteiger partial charge in [0.05, 0.1) is 6.42 Å². The van der Waals surface area contributed by atoms with Gasteiger partial charge < -0.3 is 10.4 Å². The molecular formula is C21H22N2O4S. The fourth-order valence-electron chi connectivity index (χ4n) is 5.21. The van der Waals surface area contributed by atoms with Gasteiger partial charge in [0.2, 0.25) is 5.91 Å². The Hall–Kier alpha value is -2.28. The van der Waals surface area contributed by atoms with Crippen LogP contribution in [0, 0.1) is 11.8 Å². The van der Waals surface area contributed by atoms with Crippen LogP contribution in [-0.4, -0.2) is 44.5 Å². The number of fused-ring (bicyclic) bond motifs is 5. The normalized spacial score (nSPS) is 33.1. The standard InChI is InChI=1S/C21H22N2O4S/c24-14(10-11-6-2-1-3-7-11)22-16-19(25)23-17(21(26)27)15-12-8-4-5-9-13(12)18(15)28-20(16)23/h1-3,6-7,12-13,16,18,20H,4-5,8-10H2,(H,22,24)(H,26,27)/t12-,13+,16+,18-,20+/m0/s1. The van der Waals surface area contributed by atoms with Gasteiger partial charge in [-0.15, -0.1) is 11.8 Å². The summed E-state index contributed by atoms with van der Waals surface area (Å²) >= 11 is 1.67. The number of benzene rings is 1. The van der Waals surface area contributed by atoms with Crippen LogP contribution in [-0.2, 0) is 20.8 Å². The number of hydrogen-bond donors (Lipinski definition) is 2.